The predicted octanol–water partition coefficient (Wildman–Crippen LogP) is 5.27. The van der Waals surface area contributed by atoms with E-state index in [0.29, 0.717) is 35.6 Å². The van der Waals surface area contributed by atoms with Gasteiger partial charge in [0.25, 0.3) is 0 Å². The molecule has 0 saturated heterocycles. The van der Waals surface area contributed by atoms with Crippen molar-refractivity contribution in [2.75, 3.05) is 5.32 Å². The number of benzene rings is 1. The summed E-state index contributed by atoms with van der Waals surface area (Å²) >= 11 is 6.19. The van der Waals surface area contributed by atoms with Crippen LogP contribution in [0, 0.1) is 0 Å². The van der Waals surface area contributed by atoms with Crippen LogP contribution in [-0.2, 0) is 11.2 Å². The lowest BCUT2D eigenvalue weighted by Crippen LogP contribution is -2.20. The number of carbonyl (C=O) groups is 1. The molecule has 0 aliphatic heterocycles. The maximum absolute atomic E-state index is 12.4. The van der Waals surface area contributed by atoms with Crippen molar-refractivity contribution in [1.29, 1.82) is 0 Å². The van der Waals surface area contributed by atoms with Crippen molar-refractivity contribution in [3.8, 4) is 11.3 Å². The van der Waals surface area contributed by atoms with Crippen LogP contribution in [0.5, 0.6) is 0 Å². The number of nitrogens with zero attached hydrogens (tertiary/aromatic N) is 3. The van der Waals surface area contributed by atoms with Crippen LogP contribution < -0.4 is 5.32 Å². The number of hydrogen-bond acceptors (Lipinski definition) is 4. The Bertz CT molecular complexity index is 943. The largest absolute Gasteiger partial charge is 0.441 e. The minimum absolute atomic E-state index is 0.0740. The van der Waals surface area contributed by atoms with Crippen LogP contribution >= 0.6 is 11.6 Å². The molecular weight excluding hydrogens is 376 g/mol. The molecule has 1 aliphatic carbocycles. The Labute approximate surface area is 168 Å². The average Bonchev–Trinajstić information content (AvgIpc) is 3.37. The van der Waals surface area contributed by atoms with Gasteiger partial charge in [-0.25, -0.2) is 9.67 Å². The van der Waals surface area contributed by atoms with Crippen molar-refractivity contribution in [1.82, 2.24) is 14.8 Å². The van der Waals surface area contributed by atoms with E-state index < -0.39 is 0 Å². The molecule has 3 aromatic rings. The van der Waals surface area contributed by atoms with Gasteiger partial charge in [0.1, 0.15) is 5.82 Å². The molecule has 1 fully saturated rings. The second-order valence-corrected chi connectivity index (χ2v) is 7.51. The fourth-order valence-corrected chi connectivity index (χ4v) is 3.90. The van der Waals surface area contributed by atoms with Gasteiger partial charge in [-0.05, 0) is 25.0 Å². The van der Waals surface area contributed by atoms with Crippen LogP contribution in [0.1, 0.15) is 50.5 Å². The van der Waals surface area contributed by atoms with Gasteiger partial charge in [-0.3, -0.25) is 4.79 Å². The molecule has 0 bridgehead atoms. The molecule has 2 aromatic heterocycles. The number of anilines is 1. The van der Waals surface area contributed by atoms with E-state index in [9.17, 15) is 4.79 Å². The molecule has 7 heteroatoms. The summed E-state index contributed by atoms with van der Waals surface area (Å²) in [6, 6.07) is 9.68. The summed E-state index contributed by atoms with van der Waals surface area (Å²) in [5, 5.41) is 8.00. The maximum atomic E-state index is 12.4. The summed E-state index contributed by atoms with van der Waals surface area (Å²) in [6.45, 7) is 0. The number of rotatable bonds is 6. The Kier molecular flexibility index (Phi) is 5.76. The molecule has 1 amide bonds. The third kappa shape index (κ3) is 4.28. The standard InChI is InChI=1S/C21H23ClN4O2/c22-17-9-5-4-8-16(17)18-14-23-21(28-18)11-10-20(27)25-19-12-13-24-26(19)15-6-2-1-3-7-15/h4-5,8-9,12-15H,1-3,6-7,10-11H2,(H,25,27). The van der Waals surface area contributed by atoms with Crippen LogP contribution in [0.4, 0.5) is 5.82 Å². The normalized spacial score (nSPS) is 14.9. The van der Waals surface area contributed by atoms with E-state index in [4.69, 9.17) is 16.0 Å². The molecule has 1 aromatic carbocycles. The highest BCUT2D eigenvalue weighted by Gasteiger charge is 2.19. The Hall–Kier alpha value is -2.60. The first-order chi connectivity index (χ1) is 13.7. The lowest BCUT2D eigenvalue weighted by atomic mass is 9.96. The smallest absolute Gasteiger partial charge is 0.226 e. The average molecular weight is 399 g/mol. The van der Waals surface area contributed by atoms with Crippen molar-refractivity contribution in [2.24, 2.45) is 0 Å². The molecule has 0 radical (unpaired) electrons. The Morgan fingerprint density at radius 3 is 2.86 bits per heavy atom. The molecule has 1 N–H and O–H groups in total. The van der Waals surface area contributed by atoms with E-state index >= 15 is 0 Å². The van der Waals surface area contributed by atoms with E-state index in [0.717, 1.165) is 24.2 Å². The van der Waals surface area contributed by atoms with Crippen molar-refractivity contribution < 1.29 is 9.21 Å². The van der Waals surface area contributed by atoms with E-state index in [-0.39, 0.29) is 5.91 Å². The van der Waals surface area contributed by atoms with Crippen molar-refractivity contribution in [2.45, 2.75) is 51.0 Å². The van der Waals surface area contributed by atoms with Crippen molar-refractivity contribution in [3.63, 3.8) is 0 Å². The molecule has 0 spiro atoms. The van der Waals surface area contributed by atoms with Crippen LogP contribution in [0.15, 0.2) is 47.1 Å². The van der Waals surface area contributed by atoms with Crippen LogP contribution in [0.25, 0.3) is 11.3 Å². The topological polar surface area (TPSA) is 73.0 Å². The number of aryl methyl sites for hydroxylation is 1. The third-order valence-electron chi connectivity index (χ3n) is 5.12. The molecule has 1 aliphatic rings. The van der Waals surface area contributed by atoms with E-state index in [1.54, 1.807) is 12.4 Å². The van der Waals surface area contributed by atoms with Gasteiger partial charge in [0, 0.05) is 24.5 Å². The number of nitrogens with one attached hydrogen (secondary N) is 1. The zero-order valence-electron chi connectivity index (χ0n) is 15.6. The summed E-state index contributed by atoms with van der Waals surface area (Å²) < 4.78 is 7.72. The number of halogens is 1. The molecule has 4 rings (SSSR count). The fraction of sp³-hybridized carbons (Fsp3) is 0.381. The first kappa shape index (κ1) is 18.7. The molecule has 0 atom stereocenters. The van der Waals surface area contributed by atoms with Crippen LogP contribution in [0.2, 0.25) is 5.02 Å². The second-order valence-electron chi connectivity index (χ2n) is 7.10. The summed E-state index contributed by atoms with van der Waals surface area (Å²) in [4.78, 5) is 16.7. The molecule has 146 valence electrons. The monoisotopic (exact) mass is 398 g/mol. The lowest BCUT2D eigenvalue weighted by molar-refractivity contribution is -0.116. The highest BCUT2D eigenvalue weighted by atomic mass is 35.5. The number of aromatic nitrogens is 3. The minimum atomic E-state index is -0.0740. The molecular formula is C21H23ClN4O2. The lowest BCUT2D eigenvalue weighted by Gasteiger charge is -2.23. The Morgan fingerprint density at radius 2 is 2.04 bits per heavy atom. The van der Waals surface area contributed by atoms with Crippen molar-refractivity contribution in [3.05, 3.63) is 53.6 Å². The SMILES string of the molecule is O=C(CCc1ncc(-c2ccccc2Cl)o1)Nc1ccnn1C1CCCCC1. The fourth-order valence-electron chi connectivity index (χ4n) is 3.67. The summed E-state index contributed by atoms with van der Waals surface area (Å²) in [5.74, 6) is 1.82. The van der Waals surface area contributed by atoms with E-state index in [1.165, 1.54) is 19.3 Å². The maximum Gasteiger partial charge on any atom is 0.226 e. The third-order valence-corrected chi connectivity index (χ3v) is 5.45. The highest BCUT2D eigenvalue weighted by Crippen LogP contribution is 2.30. The van der Waals surface area contributed by atoms with E-state index in [2.05, 4.69) is 15.4 Å². The number of amides is 1. The van der Waals surface area contributed by atoms with Gasteiger partial charge in [0.15, 0.2) is 11.7 Å². The zero-order valence-corrected chi connectivity index (χ0v) is 16.4. The quantitative estimate of drug-likeness (QED) is 0.614. The zero-order chi connectivity index (χ0) is 19.3. The minimum Gasteiger partial charge on any atom is -0.441 e. The molecule has 2 heterocycles. The summed E-state index contributed by atoms with van der Waals surface area (Å²) in [6.07, 6.45) is 10.1. The van der Waals surface area contributed by atoms with Crippen LogP contribution in [0.3, 0.4) is 0 Å². The number of oxazole rings is 1. The Morgan fingerprint density at radius 1 is 1.21 bits per heavy atom. The predicted molar refractivity (Wildman–Crippen MR) is 108 cm³/mol. The van der Waals surface area contributed by atoms with Crippen LogP contribution in [-0.4, -0.2) is 20.7 Å². The second kappa shape index (κ2) is 8.61. The molecule has 6 nitrogen and oxygen atoms in total. The summed E-state index contributed by atoms with van der Waals surface area (Å²) in [5.41, 5.74) is 0.795. The van der Waals surface area contributed by atoms with Gasteiger partial charge in [0.05, 0.1) is 23.5 Å². The van der Waals surface area contributed by atoms with Gasteiger partial charge in [-0.15, -0.1) is 0 Å². The number of carbonyl (C=O) groups excluding carboxylic acids is 1. The molecule has 0 unspecified atom stereocenters. The van der Waals surface area contributed by atoms with Gasteiger partial charge >= 0.3 is 0 Å². The van der Waals surface area contributed by atoms with E-state index in [1.807, 2.05) is 35.0 Å². The first-order valence-electron chi connectivity index (χ1n) is 9.73. The van der Waals surface area contributed by atoms with Gasteiger partial charge < -0.3 is 9.73 Å². The first-order valence-corrected chi connectivity index (χ1v) is 10.1. The van der Waals surface area contributed by atoms with Gasteiger partial charge in [-0.2, -0.15) is 5.10 Å². The molecule has 28 heavy (non-hydrogen) atoms. The summed E-state index contributed by atoms with van der Waals surface area (Å²) in [7, 11) is 0. The number of hydrogen-bond donors (Lipinski definition) is 1. The van der Waals surface area contributed by atoms with Gasteiger partial charge in [-0.1, -0.05) is 43.0 Å². The Balaban J connectivity index is 1.35. The van der Waals surface area contributed by atoms with Gasteiger partial charge in [0.2, 0.25) is 5.91 Å². The highest BCUT2D eigenvalue weighted by molar-refractivity contribution is 6.33. The van der Waals surface area contributed by atoms with Crippen molar-refractivity contribution >= 4 is 23.3 Å². The molecule has 1 saturated carbocycles.